The molecule has 1 unspecified atom stereocenters. The Balaban J connectivity index is 1.89. The molecule has 1 atom stereocenters. The van der Waals surface area contributed by atoms with E-state index >= 15 is 0 Å². The van der Waals surface area contributed by atoms with Crippen molar-refractivity contribution in [1.29, 1.82) is 0 Å². The molecule has 2 rings (SSSR count). The second-order valence-electron chi connectivity index (χ2n) is 4.19. The molecular formula is C11H17N3O. The minimum atomic E-state index is 0.510. The molecule has 0 saturated carbocycles. The molecule has 0 amide bonds. The summed E-state index contributed by atoms with van der Waals surface area (Å²) in [6, 6.07) is 1.85. The third-order valence-electron chi connectivity index (χ3n) is 3.10. The highest BCUT2D eigenvalue weighted by molar-refractivity contribution is 5.71. The lowest BCUT2D eigenvalue weighted by atomic mass is 10.0. The summed E-state index contributed by atoms with van der Waals surface area (Å²) < 4.78 is 0. The van der Waals surface area contributed by atoms with Crippen molar-refractivity contribution in [2.75, 3.05) is 19.6 Å². The van der Waals surface area contributed by atoms with E-state index in [2.05, 4.69) is 22.0 Å². The molecule has 1 fully saturated rings. The third kappa shape index (κ3) is 2.45. The summed E-state index contributed by atoms with van der Waals surface area (Å²) in [5, 5.41) is 6.83. The summed E-state index contributed by atoms with van der Waals surface area (Å²) in [6.07, 6.45) is 3.05. The van der Waals surface area contributed by atoms with Gasteiger partial charge in [-0.25, -0.2) is 0 Å². The van der Waals surface area contributed by atoms with E-state index in [-0.39, 0.29) is 0 Å². The number of nitrogens with zero attached hydrogens (tertiary/aromatic N) is 2. The van der Waals surface area contributed by atoms with Crippen LogP contribution in [0, 0.1) is 5.92 Å². The lowest BCUT2D eigenvalue weighted by Crippen LogP contribution is -2.20. The molecule has 1 saturated heterocycles. The molecule has 15 heavy (non-hydrogen) atoms. The summed E-state index contributed by atoms with van der Waals surface area (Å²) >= 11 is 0. The summed E-state index contributed by atoms with van der Waals surface area (Å²) in [4.78, 5) is 12.9. The number of carbonyl (C=O) groups excluding carboxylic acids is 1. The molecule has 1 aromatic rings. The maximum atomic E-state index is 10.5. The molecule has 0 bridgehead atoms. The van der Waals surface area contributed by atoms with Crippen molar-refractivity contribution in [2.45, 2.75) is 19.8 Å². The molecular weight excluding hydrogens is 190 g/mol. The number of rotatable bonds is 4. The van der Waals surface area contributed by atoms with Gasteiger partial charge in [0.1, 0.15) is 5.69 Å². The van der Waals surface area contributed by atoms with Gasteiger partial charge in [0, 0.05) is 12.2 Å². The SMILES string of the molecule is CCN1CCC(Cc2cc(C=O)n[nH]2)C1. The minimum absolute atomic E-state index is 0.510. The smallest absolute Gasteiger partial charge is 0.170 e. The number of hydrogen-bond acceptors (Lipinski definition) is 3. The average Bonchev–Trinajstić information content (AvgIpc) is 2.87. The summed E-state index contributed by atoms with van der Waals surface area (Å²) in [5.41, 5.74) is 1.59. The van der Waals surface area contributed by atoms with Gasteiger partial charge in [0.05, 0.1) is 0 Å². The van der Waals surface area contributed by atoms with Crippen LogP contribution in [0.25, 0.3) is 0 Å². The Bertz CT molecular complexity index is 334. The van der Waals surface area contributed by atoms with E-state index in [0.717, 1.165) is 24.9 Å². The molecule has 1 N–H and O–H groups in total. The zero-order valence-electron chi connectivity index (χ0n) is 9.07. The molecule has 1 aromatic heterocycles. The number of carbonyl (C=O) groups is 1. The quantitative estimate of drug-likeness (QED) is 0.752. The van der Waals surface area contributed by atoms with E-state index in [1.54, 1.807) is 0 Å². The van der Waals surface area contributed by atoms with E-state index in [9.17, 15) is 4.79 Å². The third-order valence-corrected chi connectivity index (χ3v) is 3.10. The first-order chi connectivity index (χ1) is 7.31. The summed E-state index contributed by atoms with van der Waals surface area (Å²) in [5.74, 6) is 0.713. The van der Waals surface area contributed by atoms with Crippen molar-refractivity contribution >= 4 is 6.29 Å². The Labute approximate surface area is 89.7 Å². The normalized spacial score (nSPS) is 22.1. The van der Waals surface area contributed by atoms with Gasteiger partial charge >= 0.3 is 0 Å². The molecule has 1 aliphatic rings. The van der Waals surface area contributed by atoms with Crippen LogP contribution in [-0.2, 0) is 6.42 Å². The second-order valence-corrected chi connectivity index (χ2v) is 4.19. The van der Waals surface area contributed by atoms with Crippen LogP contribution in [0.2, 0.25) is 0 Å². The van der Waals surface area contributed by atoms with Gasteiger partial charge in [0.15, 0.2) is 6.29 Å². The van der Waals surface area contributed by atoms with E-state index in [1.807, 2.05) is 6.07 Å². The minimum Gasteiger partial charge on any atom is -0.303 e. The van der Waals surface area contributed by atoms with Gasteiger partial charge in [-0.3, -0.25) is 9.89 Å². The molecule has 0 spiro atoms. The number of aldehydes is 1. The first-order valence-corrected chi connectivity index (χ1v) is 5.53. The molecule has 0 radical (unpaired) electrons. The van der Waals surface area contributed by atoms with E-state index in [0.29, 0.717) is 11.6 Å². The highest BCUT2D eigenvalue weighted by atomic mass is 16.1. The Kier molecular flexibility index (Phi) is 3.16. The van der Waals surface area contributed by atoms with Crippen molar-refractivity contribution < 1.29 is 4.79 Å². The van der Waals surface area contributed by atoms with Crippen molar-refractivity contribution in [3.63, 3.8) is 0 Å². The van der Waals surface area contributed by atoms with Crippen LogP contribution in [0.3, 0.4) is 0 Å². The van der Waals surface area contributed by atoms with Crippen LogP contribution in [0.4, 0.5) is 0 Å². The van der Waals surface area contributed by atoms with Gasteiger partial charge in [-0.05, 0) is 37.9 Å². The van der Waals surface area contributed by atoms with Crippen molar-refractivity contribution in [1.82, 2.24) is 15.1 Å². The van der Waals surface area contributed by atoms with Crippen molar-refractivity contribution in [3.8, 4) is 0 Å². The summed E-state index contributed by atoms with van der Waals surface area (Å²) in [7, 11) is 0. The number of aromatic amines is 1. The van der Waals surface area contributed by atoms with Gasteiger partial charge in [-0.15, -0.1) is 0 Å². The number of hydrogen-bond donors (Lipinski definition) is 1. The van der Waals surface area contributed by atoms with Gasteiger partial charge < -0.3 is 4.90 Å². The predicted molar refractivity (Wildman–Crippen MR) is 57.9 cm³/mol. The first-order valence-electron chi connectivity index (χ1n) is 5.53. The maximum absolute atomic E-state index is 10.5. The van der Waals surface area contributed by atoms with Crippen LogP contribution in [-0.4, -0.2) is 41.0 Å². The van der Waals surface area contributed by atoms with Crippen LogP contribution >= 0.6 is 0 Å². The zero-order valence-corrected chi connectivity index (χ0v) is 9.07. The van der Waals surface area contributed by atoms with Crippen LogP contribution in [0.1, 0.15) is 29.5 Å². The Morgan fingerprint density at radius 1 is 1.73 bits per heavy atom. The van der Waals surface area contributed by atoms with Gasteiger partial charge in [0.25, 0.3) is 0 Å². The lowest BCUT2D eigenvalue weighted by Gasteiger charge is -2.12. The largest absolute Gasteiger partial charge is 0.303 e. The Morgan fingerprint density at radius 2 is 2.60 bits per heavy atom. The maximum Gasteiger partial charge on any atom is 0.170 e. The van der Waals surface area contributed by atoms with E-state index in [4.69, 9.17) is 0 Å². The van der Waals surface area contributed by atoms with E-state index in [1.165, 1.54) is 19.5 Å². The van der Waals surface area contributed by atoms with Gasteiger partial charge in [-0.1, -0.05) is 6.92 Å². The van der Waals surface area contributed by atoms with E-state index < -0.39 is 0 Å². The molecule has 0 aromatic carbocycles. The molecule has 82 valence electrons. The Morgan fingerprint density at radius 3 is 3.20 bits per heavy atom. The monoisotopic (exact) mass is 207 g/mol. The molecule has 0 aliphatic carbocycles. The second kappa shape index (κ2) is 4.57. The Hall–Kier alpha value is -1.16. The fraction of sp³-hybridized carbons (Fsp3) is 0.636. The van der Waals surface area contributed by atoms with Crippen LogP contribution in [0.15, 0.2) is 6.07 Å². The first kappa shape index (κ1) is 10.4. The number of nitrogens with one attached hydrogen (secondary N) is 1. The number of likely N-dealkylation sites (tertiary alicyclic amines) is 1. The number of aromatic nitrogens is 2. The van der Waals surface area contributed by atoms with Crippen LogP contribution < -0.4 is 0 Å². The number of H-pyrrole nitrogens is 1. The summed E-state index contributed by atoms with van der Waals surface area (Å²) in [6.45, 7) is 5.71. The highest BCUT2D eigenvalue weighted by Crippen LogP contribution is 2.19. The molecule has 4 heteroatoms. The molecule has 4 nitrogen and oxygen atoms in total. The molecule has 2 heterocycles. The topological polar surface area (TPSA) is 49.0 Å². The fourth-order valence-electron chi connectivity index (χ4n) is 2.22. The fourth-order valence-corrected chi connectivity index (χ4v) is 2.22. The van der Waals surface area contributed by atoms with Crippen molar-refractivity contribution in [3.05, 3.63) is 17.5 Å². The van der Waals surface area contributed by atoms with Gasteiger partial charge in [-0.2, -0.15) is 5.10 Å². The average molecular weight is 207 g/mol. The van der Waals surface area contributed by atoms with Gasteiger partial charge in [0.2, 0.25) is 0 Å². The zero-order chi connectivity index (χ0) is 10.7. The predicted octanol–water partition coefficient (Wildman–Crippen LogP) is 1.11. The highest BCUT2D eigenvalue weighted by Gasteiger charge is 2.21. The van der Waals surface area contributed by atoms with Crippen molar-refractivity contribution in [2.24, 2.45) is 5.92 Å². The molecule has 1 aliphatic heterocycles. The standard InChI is InChI=1S/C11H17N3O/c1-2-14-4-3-9(7-14)5-10-6-11(8-15)13-12-10/h6,8-9H,2-5,7H2,1H3,(H,12,13). The van der Waals surface area contributed by atoms with Crippen LogP contribution in [0.5, 0.6) is 0 Å². The lowest BCUT2D eigenvalue weighted by molar-refractivity contribution is 0.111.